The molecule has 16 aromatic carbocycles. The molecule has 8 heteroatoms. The maximum Gasteiger partial charge on any atom is 0.256 e. The number of nitrogens with zero attached hydrogens (tertiary/aromatic N) is 5. The van der Waals surface area contributed by atoms with E-state index < -0.39 is 0 Å². The lowest BCUT2D eigenvalue weighted by molar-refractivity contribution is 0.488. The van der Waals surface area contributed by atoms with Gasteiger partial charge in [0.15, 0.2) is 0 Å². The van der Waals surface area contributed by atoms with Gasteiger partial charge in [-0.3, -0.25) is 0 Å². The topological polar surface area (TPSA) is 25.4 Å². The number of hydrogen-bond acceptors (Lipinski definition) is 6. The Morgan fingerprint density at radius 1 is 0.233 bits per heavy atom. The second kappa shape index (κ2) is 29.2. The monoisotopic (exact) mass is 1550 g/mol. The number of rotatable bonds is 13. The zero-order chi connectivity index (χ0) is 82.1. The zero-order valence-electron chi connectivity index (χ0n) is 70.5. The van der Waals surface area contributed by atoms with Crippen LogP contribution >= 0.6 is 0 Å². The molecule has 20 rings (SSSR count). The second-order valence-corrected chi connectivity index (χ2v) is 36.9. The first kappa shape index (κ1) is 75.2. The standard InChI is InChI=1S/C112H97B2N5O/c1-109(2,3)78-60-52-74(53-61-78)88-42-25-29-48-96(88)116(84-38-21-15-22-39-84)86-68-101-106-102(69-86)119(108-90(76-56-64-80(65-57-76)111(7,8)9)44-33-45-91(108)77-58-66-81(67-59-77)112(10,11)12)100-73-104-95(72-94(100)113(106)93-47-28-32-51-99(93)118(101)97-49-30-26-43-89(97)75-54-62-79(63-55-75)110(4,5)6)114-92-46-27-31-50-98(92)117(85-40-23-16-24-41-85)103-70-87(71-105(120-104)107(103)114)115(82-34-17-13-18-35-82)83-36-19-14-20-37-83/h13-73H,1-12H3. The maximum absolute atomic E-state index is 8.14. The summed E-state index contributed by atoms with van der Waals surface area (Å²) in [4.78, 5) is 12.7. The summed E-state index contributed by atoms with van der Waals surface area (Å²) in [6, 6.07) is 139. The van der Waals surface area contributed by atoms with Crippen molar-refractivity contribution in [1.29, 1.82) is 0 Å². The lowest BCUT2D eigenvalue weighted by Crippen LogP contribution is -2.64. The van der Waals surface area contributed by atoms with Crippen molar-refractivity contribution in [3.8, 4) is 56.0 Å². The maximum atomic E-state index is 8.14. The summed E-state index contributed by atoms with van der Waals surface area (Å²) in [5, 5.41) is 0. The fraction of sp³-hybridized carbons (Fsp3) is 0.143. The highest BCUT2D eigenvalue weighted by Gasteiger charge is 2.49. The molecule has 0 amide bonds. The van der Waals surface area contributed by atoms with Crippen LogP contribution in [0.3, 0.4) is 0 Å². The smallest absolute Gasteiger partial charge is 0.256 e. The lowest BCUT2D eigenvalue weighted by atomic mass is 9.30. The van der Waals surface area contributed by atoms with E-state index in [4.69, 9.17) is 4.74 Å². The van der Waals surface area contributed by atoms with Crippen molar-refractivity contribution < 1.29 is 4.74 Å². The molecule has 0 aromatic heterocycles. The van der Waals surface area contributed by atoms with Gasteiger partial charge < -0.3 is 29.2 Å². The Hall–Kier alpha value is -13.6. The Bertz CT molecular complexity index is 6490. The summed E-state index contributed by atoms with van der Waals surface area (Å²) in [7, 11) is 0. The molecule has 0 radical (unpaired) electrons. The van der Waals surface area contributed by atoms with Gasteiger partial charge in [0.1, 0.15) is 11.5 Å². The van der Waals surface area contributed by atoms with Crippen molar-refractivity contribution in [3.05, 3.63) is 392 Å². The lowest BCUT2D eigenvalue weighted by Gasteiger charge is -2.47. The van der Waals surface area contributed by atoms with Crippen LogP contribution in [0.15, 0.2) is 370 Å². The molecule has 0 aliphatic carbocycles. The Morgan fingerprint density at radius 3 is 1.09 bits per heavy atom. The normalized spacial score (nSPS) is 13.2. The van der Waals surface area contributed by atoms with Crippen molar-refractivity contribution in [2.75, 3.05) is 24.5 Å². The SMILES string of the molecule is CC(C)(C)c1ccc(-c2ccccc2N(c2ccccc2)c2cc3c4c(c2)N(c2c(-c5ccc(C(C)(C)C)cc5)cccc2-c2ccc(C(C)(C)C)cc2)c2cc5c(cc2B4c2ccccc2N3c2ccccc2-c2ccc(C(C)(C)C)cc2)B2c3ccccc3N(c3ccccc3)c3cc(N(c4ccccc4)c4ccccc4)cc(c32)O5)cc1. The first-order valence-electron chi connectivity index (χ1n) is 42.4. The van der Waals surface area contributed by atoms with E-state index in [1.807, 2.05) is 0 Å². The Labute approximate surface area is 709 Å². The minimum atomic E-state index is -0.328. The molecule has 0 N–H and O–H groups in total. The van der Waals surface area contributed by atoms with Crippen molar-refractivity contribution in [2.24, 2.45) is 0 Å². The summed E-state index contributed by atoms with van der Waals surface area (Å²) in [6.07, 6.45) is 0. The second-order valence-electron chi connectivity index (χ2n) is 36.9. The molecule has 582 valence electrons. The van der Waals surface area contributed by atoms with Crippen LogP contribution in [0.2, 0.25) is 0 Å². The molecule has 120 heavy (non-hydrogen) atoms. The minimum Gasteiger partial charge on any atom is -0.458 e. The summed E-state index contributed by atoms with van der Waals surface area (Å²) >= 11 is 0. The molecule has 16 aromatic rings. The first-order valence-corrected chi connectivity index (χ1v) is 42.4. The average Bonchev–Trinajstić information content (AvgIpc) is 0.684. The predicted octanol–water partition coefficient (Wildman–Crippen LogP) is 27.0. The van der Waals surface area contributed by atoms with Gasteiger partial charge >= 0.3 is 0 Å². The van der Waals surface area contributed by atoms with Crippen LogP contribution in [-0.2, 0) is 21.7 Å². The van der Waals surface area contributed by atoms with Crippen LogP contribution in [0.5, 0.6) is 11.5 Å². The van der Waals surface area contributed by atoms with E-state index in [0.717, 1.165) is 152 Å². The van der Waals surface area contributed by atoms with Crippen LogP contribution in [0.4, 0.5) is 85.3 Å². The average molecular weight is 1550 g/mol. The molecule has 0 saturated carbocycles. The van der Waals surface area contributed by atoms with E-state index in [1.165, 1.54) is 44.1 Å². The van der Waals surface area contributed by atoms with E-state index >= 15 is 0 Å². The highest BCUT2D eigenvalue weighted by atomic mass is 16.5. The summed E-state index contributed by atoms with van der Waals surface area (Å²) < 4.78 is 8.14. The minimum absolute atomic E-state index is 0.0357. The molecule has 0 saturated heterocycles. The van der Waals surface area contributed by atoms with Gasteiger partial charge in [-0.05, 0) is 190 Å². The third-order valence-corrected chi connectivity index (χ3v) is 25.1. The molecule has 0 atom stereocenters. The van der Waals surface area contributed by atoms with E-state index in [2.05, 4.69) is 478 Å². The van der Waals surface area contributed by atoms with Gasteiger partial charge in [-0.2, -0.15) is 0 Å². The number of fused-ring (bicyclic) bond motifs is 8. The van der Waals surface area contributed by atoms with Gasteiger partial charge in [-0.1, -0.05) is 350 Å². The Kier molecular flexibility index (Phi) is 18.3. The highest BCUT2D eigenvalue weighted by molar-refractivity contribution is 7.02. The number of benzene rings is 16. The van der Waals surface area contributed by atoms with Gasteiger partial charge in [-0.15, -0.1) is 0 Å². The van der Waals surface area contributed by atoms with Crippen LogP contribution in [0.25, 0.3) is 44.5 Å². The van der Waals surface area contributed by atoms with Crippen molar-refractivity contribution in [2.45, 2.75) is 105 Å². The van der Waals surface area contributed by atoms with Gasteiger partial charge in [0.2, 0.25) is 0 Å². The van der Waals surface area contributed by atoms with Gasteiger partial charge in [0.05, 0.1) is 28.4 Å². The Balaban J connectivity index is 0.931. The zero-order valence-corrected chi connectivity index (χ0v) is 70.5. The number of hydrogen-bond donors (Lipinski definition) is 0. The van der Waals surface area contributed by atoms with Crippen LogP contribution in [0, 0.1) is 0 Å². The van der Waals surface area contributed by atoms with Crippen molar-refractivity contribution >= 4 is 132 Å². The molecule has 0 unspecified atom stereocenters. The summed E-state index contributed by atoms with van der Waals surface area (Å²) in [5.41, 5.74) is 36.6. The number of ether oxygens (including phenoxy) is 1. The van der Waals surface area contributed by atoms with Crippen LogP contribution < -0.4 is 62.0 Å². The molecular formula is C112H97B2N5O. The van der Waals surface area contributed by atoms with Crippen molar-refractivity contribution in [1.82, 2.24) is 0 Å². The van der Waals surface area contributed by atoms with E-state index in [9.17, 15) is 0 Å². The van der Waals surface area contributed by atoms with Crippen molar-refractivity contribution in [3.63, 3.8) is 0 Å². The molecule has 4 heterocycles. The van der Waals surface area contributed by atoms with E-state index in [1.54, 1.807) is 0 Å². The number of anilines is 15. The molecule has 0 fully saturated rings. The fourth-order valence-corrected chi connectivity index (χ4v) is 19.0. The van der Waals surface area contributed by atoms with E-state index in [0.29, 0.717) is 0 Å². The Morgan fingerprint density at radius 2 is 0.600 bits per heavy atom. The van der Waals surface area contributed by atoms with Gasteiger partial charge in [0.25, 0.3) is 13.4 Å². The molecule has 6 nitrogen and oxygen atoms in total. The predicted molar refractivity (Wildman–Crippen MR) is 512 cm³/mol. The highest BCUT2D eigenvalue weighted by Crippen LogP contribution is 2.56. The summed E-state index contributed by atoms with van der Waals surface area (Å²) in [6.45, 7) is 27.1. The molecule has 0 spiro atoms. The van der Waals surface area contributed by atoms with Gasteiger partial charge in [-0.25, -0.2) is 0 Å². The quantitative estimate of drug-likeness (QED) is 0.107. The van der Waals surface area contributed by atoms with E-state index in [-0.39, 0.29) is 35.1 Å². The molecule has 4 aliphatic heterocycles. The first-order chi connectivity index (χ1) is 58.1. The third-order valence-electron chi connectivity index (χ3n) is 25.1. The molecule has 4 aliphatic rings. The van der Waals surface area contributed by atoms with Crippen LogP contribution in [0.1, 0.15) is 105 Å². The third kappa shape index (κ3) is 13.1. The van der Waals surface area contributed by atoms with Crippen LogP contribution in [-0.4, -0.2) is 13.4 Å². The molecule has 0 bridgehead atoms. The summed E-state index contributed by atoms with van der Waals surface area (Å²) in [5.74, 6) is 1.60. The largest absolute Gasteiger partial charge is 0.458 e. The number of para-hydroxylation sites is 9. The fourth-order valence-electron chi connectivity index (χ4n) is 19.0. The van der Waals surface area contributed by atoms with Gasteiger partial charge in [0, 0.05) is 91.3 Å². The molecular weight excluding hydrogens is 1450 g/mol.